The summed E-state index contributed by atoms with van der Waals surface area (Å²) >= 11 is 0. The Labute approximate surface area is 184 Å². The number of nitrogens with zero attached hydrogens (tertiary/aromatic N) is 1. The van der Waals surface area contributed by atoms with Crippen molar-refractivity contribution in [1.82, 2.24) is 10.3 Å². The lowest BCUT2D eigenvalue weighted by Crippen LogP contribution is -2.17. The molecular weight excluding hydrogens is 406 g/mol. The van der Waals surface area contributed by atoms with Gasteiger partial charge in [0.05, 0.1) is 10.4 Å². The van der Waals surface area contributed by atoms with Crippen LogP contribution in [0.4, 0.5) is 5.69 Å². The average Bonchev–Trinajstić information content (AvgIpc) is 2.81. The molecule has 0 atom stereocenters. The highest BCUT2D eigenvalue weighted by Crippen LogP contribution is 2.27. The summed E-state index contributed by atoms with van der Waals surface area (Å²) in [6.45, 7) is 1.75. The number of nitrogens with one attached hydrogen (secondary N) is 2. The molecule has 0 radical (unpaired) electrons. The molecule has 1 heterocycles. The van der Waals surface area contributed by atoms with Gasteiger partial charge in [-0.25, -0.2) is 0 Å². The Hall–Kier alpha value is -3.97. The number of hydrogen-bond acceptors (Lipinski definition) is 5. The molecule has 3 aromatic carbocycles. The first-order valence-electron chi connectivity index (χ1n) is 10.4. The molecule has 0 aliphatic carbocycles. The highest BCUT2D eigenvalue weighted by molar-refractivity contribution is 5.87. The van der Waals surface area contributed by atoms with Crippen LogP contribution in [0.1, 0.15) is 16.7 Å². The maximum Gasteiger partial charge on any atom is 0.269 e. The van der Waals surface area contributed by atoms with Crippen LogP contribution < -0.4 is 15.6 Å². The Morgan fingerprint density at radius 1 is 0.906 bits per heavy atom. The number of aromatic nitrogens is 1. The fraction of sp³-hybridized carbons (Fsp3) is 0.160. The first-order valence-corrected chi connectivity index (χ1v) is 10.4. The second-order valence-corrected chi connectivity index (χ2v) is 7.46. The number of non-ortho nitro benzene ring substituents is 1. The minimum atomic E-state index is -0.403. The first-order chi connectivity index (χ1) is 15.6. The zero-order valence-electron chi connectivity index (χ0n) is 17.4. The summed E-state index contributed by atoms with van der Waals surface area (Å²) in [6, 6.07) is 23.7. The molecule has 2 N–H and O–H groups in total. The Bertz CT molecular complexity index is 1270. The summed E-state index contributed by atoms with van der Waals surface area (Å²) < 4.78 is 5.99. The van der Waals surface area contributed by atoms with Crippen molar-refractivity contribution in [2.24, 2.45) is 0 Å². The number of pyridine rings is 1. The third-order valence-electron chi connectivity index (χ3n) is 5.23. The molecule has 0 amide bonds. The largest absolute Gasteiger partial charge is 0.487 e. The summed E-state index contributed by atoms with van der Waals surface area (Å²) in [7, 11) is 0. The normalized spacial score (nSPS) is 10.9. The molecule has 162 valence electrons. The van der Waals surface area contributed by atoms with E-state index < -0.39 is 4.92 Å². The van der Waals surface area contributed by atoms with Gasteiger partial charge in [0.1, 0.15) is 12.4 Å². The van der Waals surface area contributed by atoms with Gasteiger partial charge < -0.3 is 15.0 Å². The van der Waals surface area contributed by atoms with E-state index in [4.69, 9.17) is 4.74 Å². The number of H-pyrrole nitrogens is 1. The molecule has 7 nitrogen and oxygen atoms in total. The second kappa shape index (κ2) is 9.89. The van der Waals surface area contributed by atoms with Crippen LogP contribution in [0.15, 0.2) is 83.7 Å². The number of rotatable bonds is 9. The molecule has 0 unspecified atom stereocenters. The van der Waals surface area contributed by atoms with Crippen LogP contribution in [-0.4, -0.2) is 16.5 Å². The van der Waals surface area contributed by atoms with Gasteiger partial charge in [0.2, 0.25) is 5.56 Å². The van der Waals surface area contributed by atoms with E-state index in [1.54, 1.807) is 12.1 Å². The van der Waals surface area contributed by atoms with Crippen molar-refractivity contribution in [3.8, 4) is 5.75 Å². The summed E-state index contributed by atoms with van der Waals surface area (Å²) in [5, 5.41) is 15.1. The van der Waals surface area contributed by atoms with E-state index in [9.17, 15) is 14.9 Å². The summed E-state index contributed by atoms with van der Waals surface area (Å²) in [4.78, 5) is 25.2. The molecule has 4 aromatic rings. The number of fused-ring (bicyclic) bond motifs is 1. The van der Waals surface area contributed by atoms with Crippen molar-refractivity contribution in [1.29, 1.82) is 0 Å². The molecule has 0 aliphatic heterocycles. The van der Waals surface area contributed by atoms with Gasteiger partial charge in [-0.15, -0.1) is 0 Å². The molecule has 0 saturated heterocycles. The third kappa shape index (κ3) is 5.19. The van der Waals surface area contributed by atoms with E-state index in [0.29, 0.717) is 24.4 Å². The van der Waals surface area contributed by atoms with Gasteiger partial charge in [-0.3, -0.25) is 14.9 Å². The molecule has 0 fully saturated rings. The maximum atomic E-state index is 11.9. The number of ether oxygens (including phenoxy) is 1. The lowest BCUT2D eigenvalue weighted by atomic mass is 10.0. The van der Waals surface area contributed by atoms with Crippen molar-refractivity contribution in [3.63, 3.8) is 0 Å². The SMILES string of the molecule is O=c1ccc2c(CCNCc3ccc([N+](=O)[O-])cc3)ccc(OCc3ccccc3)c2[nH]1. The van der Waals surface area contributed by atoms with Crippen molar-refractivity contribution in [2.75, 3.05) is 6.54 Å². The van der Waals surface area contributed by atoms with Crippen LogP contribution in [-0.2, 0) is 19.6 Å². The number of hydrogen-bond donors (Lipinski definition) is 2. The van der Waals surface area contributed by atoms with Crippen LogP contribution in [0, 0.1) is 10.1 Å². The Morgan fingerprint density at radius 2 is 1.69 bits per heavy atom. The molecule has 1 aromatic heterocycles. The fourth-order valence-corrected chi connectivity index (χ4v) is 3.55. The first kappa shape index (κ1) is 21.3. The van der Waals surface area contributed by atoms with Gasteiger partial charge in [0, 0.05) is 30.1 Å². The van der Waals surface area contributed by atoms with Gasteiger partial charge in [-0.2, -0.15) is 0 Å². The number of aromatic amines is 1. The van der Waals surface area contributed by atoms with Crippen molar-refractivity contribution < 1.29 is 9.66 Å². The average molecular weight is 429 g/mol. The molecule has 0 spiro atoms. The summed E-state index contributed by atoms with van der Waals surface area (Å²) in [5.74, 6) is 0.643. The Kier molecular flexibility index (Phi) is 6.57. The zero-order valence-corrected chi connectivity index (χ0v) is 17.4. The number of nitro benzene ring substituents is 1. The van der Waals surface area contributed by atoms with E-state index in [0.717, 1.165) is 35.0 Å². The van der Waals surface area contributed by atoms with Crippen molar-refractivity contribution >= 4 is 16.6 Å². The van der Waals surface area contributed by atoms with Crippen LogP contribution in [0.2, 0.25) is 0 Å². The predicted molar refractivity (Wildman–Crippen MR) is 124 cm³/mol. The lowest BCUT2D eigenvalue weighted by Gasteiger charge is -2.13. The molecule has 0 bridgehead atoms. The molecular formula is C25H23N3O4. The minimum Gasteiger partial charge on any atom is -0.487 e. The van der Waals surface area contributed by atoms with E-state index in [1.165, 1.54) is 18.2 Å². The van der Waals surface area contributed by atoms with Crippen LogP contribution in [0.5, 0.6) is 5.75 Å². The smallest absolute Gasteiger partial charge is 0.269 e. The van der Waals surface area contributed by atoms with Crippen molar-refractivity contribution in [3.05, 3.63) is 116 Å². The van der Waals surface area contributed by atoms with Crippen molar-refractivity contribution in [2.45, 2.75) is 19.6 Å². The Morgan fingerprint density at radius 3 is 2.44 bits per heavy atom. The third-order valence-corrected chi connectivity index (χ3v) is 5.23. The molecule has 0 aliphatic rings. The van der Waals surface area contributed by atoms with E-state index in [-0.39, 0.29) is 11.2 Å². The van der Waals surface area contributed by atoms with Gasteiger partial charge >= 0.3 is 0 Å². The molecule has 32 heavy (non-hydrogen) atoms. The Balaban J connectivity index is 1.42. The summed E-state index contributed by atoms with van der Waals surface area (Å²) in [6.07, 6.45) is 0.758. The second-order valence-electron chi connectivity index (χ2n) is 7.46. The number of benzene rings is 3. The van der Waals surface area contributed by atoms with Crippen LogP contribution in [0.25, 0.3) is 10.9 Å². The highest BCUT2D eigenvalue weighted by atomic mass is 16.6. The van der Waals surface area contributed by atoms with E-state index >= 15 is 0 Å². The maximum absolute atomic E-state index is 11.9. The van der Waals surface area contributed by atoms with E-state index in [1.807, 2.05) is 48.5 Å². The van der Waals surface area contributed by atoms with Gasteiger partial charge in [-0.05, 0) is 41.8 Å². The monoisotopic (exact) mass is 429 g/mol. The van der Waals surface area contributed by atoms with E-state index in [2.05, 4.69) is 10.3 Å². The number of nitro groups is 1. The predicted octanol–water partition coefficient (Wildman–Crippen LogP) is 4.35. The quantitative estimate of drug-likeness (QED) is 0.234. The fourth-order valence-electron chi connectivity index (χ4n) is 3.55. The standard InChI is InChI=1S/C25H23N3O4/c29-24-13-11-22-20(14-15-26-16-18-6-9-21(10-7-18)28(30)31)8-12-23(25(22)27-24)32-17-19-4-2-1-3-5-19/h1-13,26H,14-17H2,(H,27,29). The van der Waals surface area contributed by atoms with Gasteiger partial charge in [0.15, 0.2) is 0 Å². The molecule has 0 saturated carbocycles. The molecule has 4 rings (SSSR count). The van der Waals surface area contributed by atoms with Crippen LogP contribution >= 0.6 is 0 Å². The summed E-state index contributed by atoms with van der Waals surface area (Å²) in [5.41, 5.74) is 3.74. The zero-order chi connectivity index (χ0) is 22.3. The minimum absolute atomic E-state index is 0.0868. The lowest BCUT2D eigenvalue weighted by molar-refractivity contribution is -0.384. The highest BCUT2D eigenvalue weighted by Gasteiger charge is 2.09. The van der Waals surface area contributed by atoms with Crippen LogP contribution in [0.3, 0.4) is 0 Å². The van der Waals surface area contributed by atoms with Gasteiger partial charge in [-0.1, -0.05) is 48.5 Å². The van der Waals surface area contributed by atoms with Gasteiger partial charge in [0.25, 0.3) is 5.69 Å². The molecule has 7 heteroatoms. The topological polar surface area (TPSA) is 97.3 Å².